The van der Waals surface area contributed by atoms with Gasteiger partial charge in [-0.15, -0.1) is 0 Å². The summed E-state index contributed by atoms with van der Waals surface area (Å²) >= 11 is 0. The number of ether oxygens (including phenoxy) is 3. The fourth-order valence-electron chi connectivity index (χ4n) is 10.2. The van der Waals surface area contributed by atoms with Crippen LogP contribution in [0.4, 0.5) is 0 Å². The van der Waals surface area contributed by atoms with Crippen molar-refractivity contribution in [3.8, 4) is 0 Å². The Kier molecular flexibility index (Phi) is 66.2. The minimum absolute atomic E-state index is 0.0829. The second kappa shape index (κ2) is 69.1. The zero-order chi connectivity index (χ0) is 58.5. The molecule has 0 aliphatic heterocycles. The number of hydrogen-bond donors (Lipinski definition) is 0. The van der Waals surface area contributed by atoms with E-state index in [2.05, 4.69) is 106 Å². The van der Waals surface area contributed by atoms with E-state index in [1.165, 1.54) is 186 Å². The predicted octanol–water partition coefficient (Wildman–Crippen LogP) is 24.2. The number of esters is 3. The Balaban J connectivity index is 4.27. The largest absolute Gasteiger partial charge is 0.462 e. The molecular weight excluding hydrogens is 997 g/mol. The van der Waals surface area contributed by atoms with E-state index in [4.69, 9.17) is 14.2 Å². The maximum absolute atomic E-state index is 12.9. The minimum atomic E-state index is -0.789. The first-order valence-electron chi connectivity index (χ1n) is 35.1. The first-order valence-corrected chi connectivity index (χ1v) is 35.1. The summed E-state index contributed by atoms with van der Waals surface area (Å²) in [6.07, 6.45) is 91.9. The molecule has 468 valence electrons. The lowest BCUT2D eigenvalue weighted by molar-refractivity contribution is -0.167. The van der Waals surface area contributed by atoms with E-state index in [9.17, 15) is 14.4 Å². The number of carbonyl (C=O) groups excluding carboxylic acids is 3. The van der Waals surface area contributed by atoms with Crippen LogP contribution in [0.25, 0.3) is 0 Å². The number of unbranched alkanes of at least 4 members (excludes halogenated alkanes) is 39. The third-order valence-corrected chi connectivity index (χ3v) is 15.4. The van der Waals surface area contributed by atoms with Crippen LogP contribution in [0.15, 0.2) is 85.1 Å². The Morgan fingerprint density at radius 2 is 0.506 bits per heavy atom. The van der Waals surface area contributed by atoms with Crippen molar-refractivity contribution in [2.75, 3.05) is 13.2 Å². The molecule has 0 spiro atoms. The first kappa shape index (κ1) is 77.6. The van der Waals surface area contributed by atoms with E-state index in [0.717, 1.165) is 128 Å². The Hall–Kier alpha value is -3.41. The molecular formula is C75H132O6. The zero-order valence-corrected chi connectivity index (χ0v) is 53.8. The van der Waals surface area contributed by atoms with Crippen molar-refractivity contribution in [2.45, 2.75) is 361 Å². The maximum Gasteiger partial charge on any atom is 0.306 e. The Morgan fingerprint density at radius 1 is 0.259 bits per heavy atom. The van der Waals surface area contributed by atoms with E-state index in [1.54, 1.807) is 0 Å². The number of allylic oxidation sites excluding steroid dienone is 14. The fraction of sp³-hybridized carbons (Fsp3) is 0.773. The van der Waals surface area contributed by atoms with Gasteiger partial charge in [-0.1, -0.05) is 331 Å². The first-order chi connectivity index (χ1) is 40.0. The third-order valence-electron chi connectivity index (χ3n) is 15.4. The summed E-state index contributed by atoms with van der Waals surface area (Å²) in [5.74, 6) is -0.892. The van der Waals surface area contributed by atoms with Crippen molar-refractivity contribution >= 4 is 17.9 Å². The van der Waals surface area contributed by atoms with Crippen molar-refractivity contribution in [2.24, 2.45) is 0 Å². The topological polar surface area (TPSA) is 78.9 Å². The van der Waals surface area contributed by atoms with Crippen LogP contribution in [0.2, 0.25) is 0 Å². The third kappa shape index (κ3) is 67.3. The molecule has 0 bridgehead atoms. The van der Waals surface area contributed by atoms with E-state index >= 15 is 0 Å². The Morgan fingerprint density at radius 3 is 0.802 bits per heavy atom. The van der Waals surface area contributed by atoms with Crippen molar-refractivity contribution < 1.29 is 28.6 Å². The molecule has 0 rings (SSSR count). The summed E-state index contributed by atoms with van der Waals surface area (Å²) < 4.78 is 17.0. The molecule has 0 amide bonds. The van der Waals surface area contributed by atoms with Crippen LogP contribution in [0, 0.1) is 0 Å². The van der Waals surface area contributed by atoms with Gasteiger partial charge in [0, 0.05) is 19.3 Å². The average molecular weight is 1130 g/mol. The normalized spacial score (nSPS) is 12.6. The highest BCUT2D eigenvalue weighted by Crippen LogP contribution is 2.18. The standard InChI is InChI=1S/C75H132O6/c1-4-7-10-13-16-19-22-25-27-29-31-33-35-36-37-38-40-41-43-45-47-50-53-56-59-62-65-68-74(77)80-71-72(70-79-73(76)67-64-61-58-55-52-49-24-21-18-15-12-9-6-3)81-75(78)69-66-63-60-57-54-51-48-46-44-42-39-34-32-30-28-26-23-20-17-14-11-8-5-2/h8,11-12,15,17,20-21,24,26,28,32,34,42,44,72H,4-7,9-10,13-14,16,18-19,22-23,25,27,29-31,33,35-41,43,45-71H2,1-3H3/b11-8-,15-12-,20-17-,24-21-,28-26-,34-32-,44-42-. The summed E-state index contributed by atoms with van der Waals surface area (Å²) in [6.45, 7) is 6.49. The Labute approximate surface area is 503 Å². The van der Waals surface area contributed by atoms with Gasteiger partial charge in [0.05, 0.1) is 0 Å². The highest BCUT2D eigenvalue weighted by Gasteiger charge is 2.19. The van der Waals surface area contributed by atoms with Crippen LogP contribution >= 0.6 is 0 Å². The summed E-state index contributed by atoms with van der Waals surface area (Å²) in [4.78, 5) is 38.4. The molecule has 0 aliphatic rings. The zero-order valence-electron chi connectivity index (χ0n) is 53.8. The molecule has 0 radical (unpaired) electrons. The van der Waals surface area contributed by atoms with E-state index in [-0.39, 0.29) is 31.1 Å². The molecule has 0 heterocycles. The number of rotatable bonds is 64. The molecule has 0 fully saturated rings. The van der Waals surface area contributed by atoms with Gasteiger partial charge in [0.2, 0.25) is 0 Å². The molecule has 0 aromatic heterocycles. The molecule has 0 saturated carbocycles. The molecule has 0 aromatic carbocycles. The monoisotopic (exact) mass is 1130 g/mol. The SMILES string of the molecule is CC/C=C\C/C=C\C/C=C\C/C=C\C/C=C\CCCCCCCCCC(=O)OC(COC(=O)CCCCCCC/C=C\C/C=C\CCC)COC(=O)CCCCCCCCCCCCCCCCCCCCCCCCCCCCC. The average Bonchev–Trinajstić information content (AvgIpc) is 3.46. The molecule has 81 heavy (non-hydrogen) atoms. The van der Waals surface area contributed by atoms with E-state index < -0.39 is 6.10 Å². The minimum Gasteiger partial charge on any atom is -0.462 e. The lowest BCUT2D eigenvalue weighted by Crippen LogP contribution is -2.30. The van der Waals surface area contributed by atoms with Gasteiger partial charge >= 0.3 is 17.9 Å². The fourth-order valence-corrected chi connectivity index (χ4v) is 10.2. The van der Waals surface area contributed by atoms with Crippen molar-refractivity contribution in [1.82, 2.24) is 0 Å². The van der Waals surface area contributed by atoms with Crippen molar-refractivity contribution in [3.63, 3.8) is 0 Å². The quantitative estimate of drug-likeness (QED) is 0.0261. The molecule has 0 aliphatic carbocycles. The van der Waals surface area contributed by atoms with Gasteiger partial charge < -0.3 is 14.2 Å². The van der Waals surface area contributed by atoms with E-state index in [0.29, 0.717) is 19.3 Å². The lowest BCUT2D eigenvalue weighted by atomic mass is 10.0. The van der Waals surface area contributed by atoms with E-state index in [1.807, 2.05) is 0 Å². The van der Waals surface area contributed by atoms with Crippen molar-refractivity contribution in [1.29, 1.82) is 0 Å². The van der Waals surface area contributed by atoms with Crippen molar-refractivity contribution in [3.05, 3.63) is 85.1 Å². The van der Waals surface area contributed by atoms with Gasteiger partial charge in [0.15, 0.2) is 6.10 Å². The Bertz CT molecular complexity index is 1530. The second-order valence-corrected chi connectivity index (χ2v) is 23.4. The number of carbonyl (C=O) groups is 3. The van der Waals surface area contributed by atoms with Gasteiger partial charge in [-0.3, -0.25) is 14.4 Å². The van der Waals surface area contributed by atoms with Crippen LogP contribution in [-0.2, 0) is 28.6 Å². The highest BCUT2D eigenvalue weighted by atomic mass is 16.6. The predicted molar refractivity (Wildman–Crippen MR) is 353 cm³/mol. The van der Waals surface area contributed by atoms with Gasteiger partial charge in [-0.05, 0) is 89.9 Å². The van der Waals surface area contributed by atoms with Gasteiger partial charge in [-0.2, -0.15) is 0 Å². The second-order valence-electron chi connectivity index (χ2n) is 23.4. The summed E-state index contributed by atoms with van der Waals surface area (Å²) in [5, 5.41) is 0. The summed E-state index contributed by atoms with van der Waals surface area (Å²) in [7, 11) is 0. The number of hydrogen-bond acceptors (Lipinski definition) is 6. The lowest BCUT2D eigenvalue weighted by Gasteiger charge is -2.18. The van der Waals surface area contributed by atoms with Gasteiger partial charge in [0.25, 0.3) is 0 Å². The maximum atomic E-state index is 12.9. The van der Waals surface area contributed by atoms with Crippen LogP contribution in [0.3, 0.4) is 0 Å². The van der Waals surface area contributed by atoms with Crippen LogP contribution in [-0.4, -0.2) is 37.2 Å². The molecule has 0 N–H and O–H groups in total. The van der Waals surface area contributed by atoms with Crippen LogP contribution in [0.5, 0.6) is 0 Å². The molecule has 1 unspecified atom stereocenters. The van der Waals surface area contributed by atoms with Crippen LogP contribution in [0.1, 0.15) is 355 Å². The molecule has 0 saturated heterocycles. The smallest absolute Gasteiger partial charge is 0.306 e. The van der Waals surface area contributed by atoms with Gasteiger partial charge in [0.1, 0.15) is 13.2 Å². The van der Waals surface area contributed by atoms with Gasteiger partial charge in [-0.25, -0.2) is 0 Å². The summed E-state index contributed by atoms with van der Waals surface area (Å²) in [5.41, 5.74) is 0. The summed E-state index contributed by atoms with van der Waals surface area (Å²) in [6, 6.07) is 0. The van der Waals surface area contributed by atoms with Crippen LogP contribution < -0.4 is 0 Å². The molecule has 0 aromatic rings. The molecule has 6 heteroatoms. The molecule has 1 atom stereocenters. The highest BCUT2D eigenvalue weighted by molar-refractivity contribution is 5.71. The molecule has 6 nitrogen and oxygen atoms in total.